The molecule has 3 rings (SSSR count). The zero-order chi connectivity index (χ0) is 19.6. The highest BCUT2D eigenvalue weighted by molar-refractivity contribution is 14.0. The minimum absolute atomic E-state index is 0. The highest BCUT2D eigenvalue weighted by Gasteiger charge is 2.05. The van der Waals surface area contributed by atoms with Gasteiger partial charge in [0, 0.05) is 50.0 Å². The average molecular weight is 524 g/mol. The number of benzene rings is 1. The number of aliphatic imine (C=N–C) groups is 1. The van der Waals surface area contributed by atoms with Crippen LogP contribution < -0.4 is 10.6 Å². The maximum Gasteiger partial charge on any atom is 0.191 e. The molecule has 0 unspecified atom stereocenters. The van der Waals surface area contributed by atoms with Crippen LogP contribution in [0.15, 0.2) is 53.9 Å². The van der Waals surface area contributed by atoms with Gasteiger partial charge in [-0.15, -0.1) is 35.3 Å². The fourth-order valence-corrected chi connectivity index (χ4v) is 3.78. The summed E-state index contributed by atoms with van der Waals surface area (Å²) >= 11 is 1.74. The number of nitrogens with zero attached hydrogens (tertiary/aromatic N) is 4. The summed E-state index contributed by atoms with van der Waals surface area (Å²) in [6, 6.07) is 10.6. The molecule has 1 aromatic carbocycles. The molecule has 156 valence electrons. The molecule has 0 aliphatic heterocycles. The third-order valence-corrected chi connectivity index (χ3v) is 5.42. The quantitative estimate of drug-likeness (QED) is 0.254. The van der Waals surface area contributed by atoms with Gasteiger partial charge in [0.1, 0.15) is 5.82 Å². The zero-order valence-corrected chi connectivity index (χ0v) is 20.1. The largest absolute Gasteiger partial charge is 0.356 e. The van der Waals surface area contributed by atoms with Crippen molar-refractivity contribution in [1.82, 2.24) is 25.2 Å². The summed E-state index contributed by atoms with van der Waals surface area (Å²) < 4.78 is 2.21. The second-order valence-electron chi connectivity index (χ2n) is 6.59. The van der Waals surface area contributed by atoms with Crippen LogP contribution in [-0.4, -0.2) is 34.1 Å². The molecule has 0 saturated carbocycles. The molecule has 2 heterocycles. The Kier molecular flexibility index (Phi) is 10.1. The van der Waals surface area contributed by atoms with Crippen molar-refractivity contribution in [3.05, 3.63) is 70.2 Å². The molecule has 0 bridgehead atoms. The van der Waals surface area contributed by atoms with Crippen LogP contribution in [0.1, 0.15) is 27.7 Å². The van der Waals surface area contributed by atoms with Gasteiger partial charge in [0.15, 0.2) is 5.96 Å². The topological polar surface area (TPSA) is 67.1 Å². The van der Waals surface area contributed by atoms with Crippen LogP contribution in [0.3, 0.4) is 0 Å². The van der Waals surface area contributed by atoms with Crippen LogP contribution in [-0.2, 0) is 25.9 Å². The number of rotatable bonds is 9. The van der Waals surface area contributed by atoms with E-state index in [9.17, 15) is 0 Å². The number of thiazole rings is 1. The predicted octanol–water partition coefficient (Wildman–Crippen LogP) is 3.81. The third-order valence-electron chi connectivity index (χ3n) is 4.45. The van der Waals surface area contributed by atoms with Crippen LogP contribution in [0.4, 0.5) is 0 Å². The summed E-state index contributed by atoms with van der Waals surface area (Å²) in [4.78, 5) is 14.4. The zero-order valence-electron chi connectivity index (χ0n) is 17.0. The Morgan fingerprint density at radius 3 is 2.69 bits per heavy atom. The first-order valence-corrected chi connectivity index (χ1v) is 10.5. The molecule has 0 aliphatic carbocycles. The Labute approximate surface area is 193 Å². The molecule has 3 aromatic rings. The second-order valence-corrected chi connectivity index (χ2v) is 7.91. The minimum atomic E-state index is 0. The SMILES string of the molecule is CN=C(NCCc1ncc(C)s1)NCc1nccn1CCCc1ccccc1.I. The number of nitrogens with one attached hydrogen (secondary N) is 2. The molecule has 2 aromatic heterocycles. The Morgan fingerprint density at radius 2 is 1.97 bits per heavy atom. The summed E-state index contributed by atoms with van der Waals surface area (Å²) in [7, 11) is 1.79. The van der Waals surface area contributed by atoms with Gasteiger partial charge in [0.25, 0.3) is 0 Å². The second kappa shape index (κ2) is 12.6. The van der Waals surface area contributed by atoms with E-state index in [1.807, 2.05) is 18.6 Å². The van der Waals surface area contributed by atoms with Gasteiger partial charge in [0.05, 0.1) is 11.6 Å². The van der Waals surface area contributed by atoms with E-state index >= 15 is 0 Å². The lowest BCUT2D eigenvalue weighted by Gasteiger charge is -2.12. The molecule has 0 atom stereocenters. The Bertz CT molecular complexity index is 874. The van der Waals surface area contributed by atoms with E-state index in [1.54, 1.807) is 18.4 Å². The van der Waals surface area contributed by atoms with Crippen molar-refractivity contribution in [1.29, 1.82) is 0 Å². The predicted molar refractivity (Wildman–Crippen MR) is 131 cm³/mol. The number of hydrogen-bond donors (Lipinski definition) is 2. The molecule has 0 spiro atoms. The van der Waals surface area contributed by atoms with Crippen molar-refractivity contribution in [3.63, 3.8) is 0 Å². The maximum atomic E-state index is 4.49. The summed E-state index contributed by atoms with van der Waals surface area (Å²) in [6.45, 7) is 4.49. The number of hydrogen-bond acceptors (Lipinski definition) is 4. The third kappa shape index (κ3) is 7.77. The van der Waals surface area contributed by atoms with E-state index in [2.05, 4.69) is 67.4 Å². The monoisotopic (exact) mass is 524 g/mol. The summed E-state index contributed by atoms with van der Waals surface area (Å²) in [6.07, 6.45) is 8.89. The van der Waals surface area contributed by atoms with Crippen molar-refractivity contribution < 1.29 is 0 Å². The van der Waals surface area contributed by atoms with Gasteiger partial charge < -0.3 is 15.2 Å². The average Bonchev–Trinajstić information content (AvgIpc) is 3.34. The smallest absolute Gasteiger partial charge is 0.191 e. The molecule has 2 N–H and O–H groups in total. The molecule has 0 saturated heterocycles. The van der Waals surface area contributed by atoms with E-state index in [-0.39, 0.29) is 24.0 Å². The van der Waals surface area contributed by atoms with E-state index in [4.69, 9.17) is 0 Å². The van der Waals surface area contributed by atoms with Crippen molar-refractivity contribution in [2.75, 3.05) is 13.6 Å². The van der Waals surface area contributed by atoms with Gasteiger partial charge in [-0.1, -0.05) is 30.3 Å². The maximum absolute atomic E-state index is 4.49. The van der Waals surface area contributed by atoms with E-state index < -0.39 is 0 Å². The number of halogens is 1. The lowest BCUT2D eigenvalue weighted by molar-refractivity contribution is 0.600. The van der Waals surface area contributed by atoms with Gasteiger partial charge in [-0.25, -0.2) is 9.97 Å². The molecular weight excluding hydrogens is 495 g/mol. The number of aromatic nitrogens is 3. The Balaban J connectivity index is 0.00000300. The van der Waals surface area contributed by atoms with Crippen LogP contribution in [0, 0.1) is 6.92 Å². The molecule has 29 heavy (non-hydrogen) atoms. The van der Waals surface area contributed by atoms with Gasteiger partial charge >= 0.3 is 0 Å². The van der Waals surface area contributed by atoms with Crippen molar-refractivity contribution in [2.45, 2.75) is 39.3 Å². The highest BCUT2D eigenvalue weighted by Crippen LogP contribution is 2.11. The lowest BCUT2D eigenvalue weighted by atomic mass is 10.1. The summed E-state index contributed by atoms with van der Waals surface area (Å²) in [5, 5.41) is 7.84. The minimum Gasteiger partial charge on any atom is -0.356 e. The van der Waals surface area contributed by atoms with Crippen LogP contribution >= 0.6 is 35.3 Å². The standard InChI is InChI=1S/C21H28N6S.HI/c1-17-15-25-20(28-17)10-11-24-21(22-2)26-16-19-23-12-14-27(19)13-6-9-18-7-4-3-5-8-18;/h3-5,7-8,12,14-15H,6,9-11,13,16H2,1-2H3,(H2,22,24,26);1H. The molecular formula is C21H29IN6S. The first-order chi connectivity index (χ1) is 13.7. The van der Waals surface area contributed by atoms with Gasteiger partial charge in [-0.3, -0.25) is 4.99 Å². The highest BCUT2D eigenvalue weighted by atomic mass is 127. The van der Waals surface area contributed by atoms with Gasteiger partial charge in [0.2, 0.25) is 0 Å². The number of imidazole rings is 1. The summed E-state index contributed by atoms with van der Waals surface area (Å²) in [5.74, 6) is 1.80. The lowest BCUT2D eigenvalue weighted by Crippen LogP contribution is -2.38. The van der Waals surface area contributed by atoms with E-state index in [0.29, 0.717) is 6.54 Å². The molecule has 0 radical (unpaired) electrons. The molecule has 0 aliphatic rings. The Morgan fingerprint density at radius 1 is 1.14 bits per heavy atom. The van der Waals surface area contributed by atoms with E-state index in [1.165, 1.54) is 10.4 Å². The summed E-state index contributed by atoms with van der Waals surface area (Å²) in [5.41, 5.74) is 1.38. The first kappa shape index (κ1) is 23.3. The first-order valence-electron chi connectivity index (χ1n) is 9.64. The van der Waals surface area contributed by atoms with Crippen LogP contribution in [0.25, 0.3) is 0 Å². The van der Waals surface area contributed by atoms with Crippen molar-refractivity contribution in [2.24, 2.45) is 4.99 Å². The van der Waals surface area contributed by atoms with Gasteiger partial charge in [-0.2, -0.15) is 0 Å². The number of guanidine groups is 1. The van der Waals surface area contributed by atoms with Crippen LogP contribution in [0.5, 0.6) is 0 Å². The normalized spacial score (nSPS) is 11.2. The van der Waals surface area contributed by atoms with E-state index in [0.717, 1.165) is 49.1 Å². The van der Waals surface area contributed by atoms with Gasteiger partial charge in [-0.05, 0) is 25.3 Å². The van der Waals surface area contributed by atoms with Crippen molar-refractivity contribution >= 4 is 41.3 Å². The molecule has 8 heteroatoms. The molecule has 0 fully saturated rings. The van der Waals surface area contributed by atoms with Crippen molar-refractivity contribution in [3.8, 4) is 0 Å². The molecule has 6 nitrogen and oxygen atoms in total. The van der Waals surface area contributed by atoms with Crippen LogP contribution in [0.2, 0.25) is 0 Å². The fourth-order valence-electron chi connectivity index (χ4n) is 3.00. The fraction of sp³-hybridized carbons (Fsp3) is 0.381. The molecule has 0 amide bonds. The Hall–Kier alpha value is -1.94. The number of aryl methyl sites for hydroxylation is 3.